The number of carbonyl (C=O) groups is 1. The van der Waals surface area contributed by atoms with Crippen LogP contribution >= 0.6 is 0 Å². The van der Waals surface area contributed by atoms with Gasteiger partial charge in [0.05, 0.1) is 24.6 Å². The quantitative estimate of drug-likeness (QED) is 0.802. The van der Waals surface area contributed by atoms with Crippen LogP contribution in [0.3, 0.4) is 0 Å². The second-order valence-electron chi connectivity index (χ2n) is 5.35. The second kappa shape index (κ2) is 5.64. The number of hydrogen-bond acceptors (Lipinski definition) is 4. The summed E-state index contributed by atoms with van der Waals surface area (Å²) >= 11 is 0. The van der Waals surface area contributed by atoms with Crippen molar-refractivity contribution in [1.82, 2.24) is 14.7 Å². The summed E-state index contributed by atoms with van der Waals surface area (Å²) in [7, 11) is 0. The Labute approximate surface area is 132 Å². The molecule has 0 spiro atoms. The van der Waals surface area contributed by atoms with E-state index in [1.165, 1.54) is 0 Å². The van der Waals surface area contributed by atoms with E-state index >= 15 is 0 Å². The zero-order valence-electron chi connectivity index (χ0n) is 12.3. The third-order valence-corrected chi connectivity index (χ3v) is 3.73. The largest absolute Gasteiger partial charge is 0.486 e. The SMILES string of the molecule is O=C(NCC1COc2ccccc2O1)c1ccn2cncc2c1. The van der Waals surface area contributed by atoms with Gasteiger partial charge in [0.15, 0.2) is 11.5 Å². The predicted molar refractivity (Wildman–Crippen MR) is 83.9 cm³/mol. The number of ether oxygens (including phenoxy) is 2. The van der Waals surface area contributed by atoms with Gasteiger partial charge in [0, 0.05) is 11.8 Å². The van der Waals surface area contributed by atoms with Gasteiger partial charge in [-0.25, -0.2) is 4.98 Å². The molecule has 0 aliphatic carbocycles. The second-order valence-corrected chi connectivity index (χ2v) is 5.35. The molecule has 1 unspecified atom stereocenters. The van der Waals surface area contributed by atoms with Crippen LogP contribution in [0.2, 0.25) is 0 Å². The third-order valence-electron chi connectivity index (χ3n) is 3.73. The molecule has 1 amide bonds. The number of hydrogen-bond donors (Lipinski definition) is 1. The number of aromatic nitrogens is 2. The van der Waals surface area contributed by atoms with E-state index in [9.17, 15) is 4.79 Å². The van der Waals surface area contributed by atoms with Crippen LogP contribution < -0.4 is 14.8 Å². The molecule has 1 aliphatic heterocycles. The van der Waals surface area contributed by atoms with E-state index < -0.39 is 0 Å². The monoisotopic (exact) mass is 309 g/mol. The summed E-state index contributed by atoms with van der Waals surface area (Å²) in [5, 5.41) is 2.88. The molecule has 0 saturated carbocycles. The van der Waals surface area contributed by atoms with Gasteiger partial charge in [-0.05, 0) is 24.3 Å². The lowest BCUT2D eigenvalue weighted by atomic mass is 10.2. The van der Waals surface area contributed by atoms with Gasteiger partial charge >= 0.3 is 0 Å². The minimum Gasteiger partial charge on any atom is -0.486 e. The molecule has 0 radical (unpaired) electrons. The molecule has 3 aromatic rings. The van der Waals surface area contributed by atoms with Crippen molar-refractivity contribution >= 4 is 11.4 Å². The normalized spacial score (nSPS) is 16.3. The average Bonchev–Trinajstić information content (AvgIpc) is 3.07. The molecule has 3 heterocycles. The molecular formula is C17H15N3O3. The molecule has 1 aromatic carbocycles. The Kier molecular flexibility index (Phi) is 3.34. The van der Waals surface area contributed by atoms with E-state index in [1.54, 1.807) is 24.7 Å². The van der Waals surface area contributed by atoms with Crippen molar-refractivity contribution in [2.24, 2.45) is 0 Å². The number of fused-ring (bicyclic) bond motifs is 2. The van der Waals surface area contributed by atoms with Gasteiger partial charge in [-0.3, -0.25) is 4.79 Å². The molecular weight excluding hydrogens is 294 g/mol. The lowest BCUT2D eigenvalue weighted by Gasteiger charge is -2.26. The molecule has 116 valence electrons. The van der Waals surface area contributed by atoms with Crippen LogP contribution in [0.15, 0.2) is 55.1 Å². The number of rotatable bonds is 3. The van der Waals surface area contributed by atoms with Crippen molar-refractivity contribution in [1.29, 1.82) is 0 Å². The van der Waals surface area contributed by atoms with Gasteiger partial charge in [-0.15, -0.1) is 0 Å². The average molecular weight is 309 g/mol. The molecule has 1 N–H and O–H groups in total. The Morgan fingerprint density at radius 2 is 2.17 bits per heavy atom. The van der Waals surface area contributed by atoms with E-state index in [-0.39, 0.29) is 12.0 Å². The van der Waals surface area contributed by atoms with Gasteiger partial charge in [-0.1, -0.05) is 12.1 Å². The number of para-hydroxylation sites is 2. The maximum atomic E-state index is 12.3. The van der Waals surface area contributed by atoms with E-state index in [1.807, 2.05) is 34.9 Å². The molecule has 1 aliphatic rings. The molecule has 6 heteroatoms. The molecule has 0 bridgehead atoms. The number of pyridine rings is 1. The Morgan fingerprint density at radius 3 is 3.09 bits per heavy atom. The Bertz CT molecular complexity index is 859. The molecule has 6 nitrogen and oxygen atoms in total. The molecule has 2 aromatic heterocycles. The van der Waals surface area contributed by atoms with Gasteiger partial charge in [-0.2, -0.15) is 0 Å². The number of imidazole rings is 1. The zero-order valence-corrected chi connectivity index (χ0v) is 12.3. The van der Waals surface area contributed by atoms with Crippen LogP contribution in [0.5, 0.6) is 11.5 Å². The molecule has 4 rings (SSSR count). The summed E-state index contributed by atoms with van der Waals surface area (Å²) in [4.78, 5) is 16.3. The Hall–Kier alpha value is -3.02. The number of amides is 1. The van der Waals surface area contributed by atoms with Crippen LogP contribution in [0, 0.1) is 0 Å². The van der Waals surface area contributed by atoms with E-state index in [2.05, 4.69) is 10.3 Å². The van der Waals surface area contributed by atoms with Crippen molar-refractivity contribution in [2.45, 2.75) is 6.10 Å². The first kappa shape index (κ1) is 13.6. The van der Waals surface area contributed by atoms with Crippen molar-refractivity contribution in [2.75, 3.05) is 13.2 Å². The first-order valence-corrected chi connectivity index (χ1v) is 7.38. The standard InChI is InChI=1S/C17H15N3O3/c21-17(12-5-6-20-11-18-8-13(20)7-12)19-9-14-10-22-15-3-1-2-4-16(15)23-14/h1-8,11,14H,9-10H2,(H,19,21). The summed E-state index contributed by atoms with van der Waals surface area (Å²) in [6.07, 6.45) is 5.02. The smallest absolute Gasteiger partial charge is 0.251 e. The summed E-state index contributed by atoms with van der Waals surface area (Å²) < 4.78 is 13.3. The highest BCUT2D eigenvalue weighted by Gasteiger charge is 2.21. The van der Waals surface area contributed by atoms with Crippen LogP contribution in [0.1, 0.15) is 10.4 Å². The maximum Gasteiger partial charge on any atom is 0.251 e. The highest BCUT2D eigenvalue weighted by atomic mass is 16.6. The van der Waals surface area contributed by atoms with E-state index in [0.29, 0.717) is 24.5 Å². The van der Waals surface area contributed by atoms with Gasteiger partial charge in [0.25, 0.3) is 5.91 Å². The van der Waals surface area contributed by atoms with Crippen LogP contribution in [-0.4, -0.2) is 34.5 Å². The summed E-state index contributed by atoms with van der Waals surface area (Å²) in [6, 6.07) is 11.1. The first-order valence-electron chi connectivity index (χ1n) is 7.38. The van der Waals surface area contributed by atoms with Crippen molar-refractivity contribution in [3.63, 3.8) is 0 Å². The first-order chi connectivity index (χ1) is 11.3. The van der Waals surface area contributed by atoms with Gasteiger partial charge < -0.3 is 19.2 Å². The summed E-state index contributed by atoms with van der Waals surface area (Å²) in [5.74, 6) is 1.30. The maximum absolute atomic E-state index is 12.3. The van der Waals surface area contributed by atoms with Crippen molar-refractivity contribution < 1.29 is 14.3 Å². The van der Waals surface area contributed by atoms with Crippen LogP contribution in [0.4, 0.5) is 0 Å². The Balaban J connectivity index is 1.40. The van der Waals surface area contributed by atoms with Crippen molar-refractivity contribution in [3.05, 3.63) is 60.7 Å². The van der Waals surface area contributed by atoms with Gasteiger partial charge in [0.2, 0.25) is 0 Å². The number of carbonyl (C=O) groups excluding carboxylic acids is 1. The summed E-state index contributed by atoms with van der Waals surface area (Å²) in [5.41, 5.74) is 1.47. The molecule has 1 atom stereocenters. The minimum atomic E-state index is -0.201. The third kappa shape index (κ3) is 2.70. The lowest BCUT2D eigenvalue weighted by molar-refractivity contribution is 0.0789. The fraction of sp³-hybridized carbons (Fsp3) is 0.176. The zero-order chi connectivity index (χ0) is 15.6. The predicted octanol–water partition coefficient (Wildman–Crippen LogP) is 1.90. The van der Waals surface area contributed by atoms with Gasteiger partial charge in [0.1, 0.15) is 12.7 Å². The highest BCUT2D eigenvalue weighted by Crippen LogP contribution is 2.30. The highest BCUT2D eigenvalue weighted by molar-refractivity contribution is 5.95. The fourth-order valence-corrected chi connectivity index (χ4v) is 2.53. The topological polar surface area (TPSA) is 64.9 Å². The molecule has 0 saturated heterocycles. The number of benzene rings is 1. The molecule has 23 heavy (non-hydrogen) atoms. The fourth-order valence-electron chi connectivity index (χ4n) is 2.53. The Morgan fingerprint density at radius 1 is 1.30 bits per heavy atom. The number of nitrogens with zero attached hydrogens (tertiary/aromatic N) is 2. The van der Waals surface area contributed by atoms with E-state index in [4.69, 9.17) is 9.47 Å². The van der Waals surface area contributed by atoms with E-state index in [0.717, 1.165) is 11.3 Å². The molecule has 0 fully saturated rings. The van der Waals surface area contributed by atoms with Crippen LogP contribution in [-0.2, 0) is 0 Å². The minimum absolute atomic E-state index is 0.142. The van der Waals surface area contributed by atoms with Crippen molar-refractivity contribution in [3.8, 4) is 11.5 Å². The van der Waals surface area contributed by atoms with Crippen LogP contribution in [0.25, 0.3) is 5.52 Å². The summed E-state index contributed by atoms with van der Waals surface area (Å²) in [6.45, 7) is 0.802. The number of nitrogens with one attached hydrogen (secondary N) is 1. The lowest BCUT2D eigenvalue weighted by Crippen LogP contribution is -2.40.